The van der Waals surface area contributed by atoms with Gasteiger partial charge in [0.15, 0.2) is 0 Å². The molecule has 0 atom stereocenters. The van der Waals surface area contributed by atoms with Crippen LogP contribution in [0.2, 0.25) is 0 Å². The summed E-state index contributed by atoms with van der Waals surface area (Å²) < 4.78 is 22.7. The van der Waals surface area contributed by atoms with Gasteiger partial charge in [0.25, 0.3) is 5.56 Å². The van der Waals surface area contributed by atoms with Crippen LogP contribution in [0.25, 0.3) is 21.9 Å². The first-order valence-electron chi connectivity index (χ1n) is 9.98. The van der Waals surface area contributed by atoms with Crippen molar-refractivity contribution >= 4 is 33.0 Å². The zero-order valence-corrected chi connectivity index (χ0v) is 18.4. The predicted molar refractivity (Wildman–Crippen MR) is 128 cm³/mol. The fraction of sp³-hybridized carbons (Fsp3) is 0.0417. The van der Waals surface area contributed by atoms with Crippen LogP contribution in [-0.4, -0.2) is 35.8 Å². The van der Waals surface area contributed by atoms with Crippen molar-refractivity contribution < 1.29 is 23.4 Å². The fourth-order valence-corrected chi connectivity index (χ4v) is 3.99. The van der Waals surface area contributed by atoms with Gasteiger partial charge in [0.2, 0.25) is 15.9 Å². The molecule has 0 spiro atoms. The molecule has 0 unspecified atom stereocenters. The Balaban J connectivity index is 1.69. The van der Waals surface area contributed by atoms with E-state index in [1.165, 1.54) is 30.5 Å². The molecule has 34 heavy (non-hydrogen) atoms. The van der Waals surface area contributed by atoms with Crippen molar-refractivity contribution in [3.63, 3.8) is 0 Å². The SMILES string of the molecule is NS(=O)(=O)c1ccc(CN=Cc2c(O)[nH]c(=O)c3ccc(-c4ccc(C(=O)O)cc4)cc23)cc1. The van der Waals surface area contributed by atoms with E-state index in [1.54, 1.807) is 42.5 Å². The van der Waals surface area contributed by atoms with Gasteiger partial charge in [-0.15, -0.1) is 0 Å². The van der Waals surface area contributed by atoms with Gasteiger partial charge in [0.05, 0.1) is 22.6 Å². The Bertz CT molecular complexity index is 1590. The number of sulfonamides is 1. The highest BCUT2D eigenvalue weighted by molar-refractivity contribution is 7.89. The van der Waals surface area contributed by atoms with E-state index in [9.17, 15) is 23.1 Å². The first-order valence-corrected chi connectivity index (χ1v) is 11.5. The Morgan fingerprint density at radius 3 is 2.24 bits per heavy atom. The normalized spacial score (nSPS) is 11.8. The average molecular weight is 477 g/mol. The first-order chi connectivity index (χ1) is 16.1. The number of fused-ring (bicyclic) bond motifs is 1. The maximum atomic E-state index is 12.3. The number of nitrogens with zero attached hydrogens (tertiary/aromatic N) is 1. The van der Waals surface area contributed by atoms with E-state index in [-0.39, 0.29) is 22.9 Å². The molecule has 0 aliphatic rings. The number of nitrogens with one attached hydrogen (secondary N) is 1. The third kappa shape index (κ3) is 4.72. The number of carboxylic acids is 1. The number of nitrogens with two attached hydrogens (primary N) is 1. The van der Waals surface area contributed by atoms with Crippen LogP contribution in [0.4, 0.5) is 0 Å². The smallest absolute Gasteiger partial charge is 0.335 e. The van der Waals surface area contributed by atoms with Gasteiger partial charge < -0.3 is 10.2 Å². The number of hydrogen-bond acceptors (Lipinski definition) is 6. The number of aromatic amines is 1. The maximum Gasteiger partial charge on any atom is 0.335 e. The van der Waals surface area contributed by atoms with Crippen LogP contribution in [0.15, 0.2) is 81.4 Å². The van der Waals surface area contributed by atoms with Crippen molar-refractivity contribution in [2.75, 3.05) is 0 Å². The van der Waals surface area contributed by atoms with Crippen LogP contribution in [0.3, 0.4) is 0 Å². The summed E-state index contributed by atoms with van der Waals surface area (Å²) in [5.41, 5.74) is 2.18. The second-order valence-electron chi connectivity index (χ2n) is 7.52. The van der Waals surface area contributed by atoms with Crippen molar-refractivity contribution in [2.45, 2.75) is 11.4 Å². The molecule has 10 heteroatoms. The van der Waals surface area contributed by atoms with Crippen molar-refractivity contribution in [1.29, 1.82) is 0 Å². The zero-order valence-electron chi connectivity index (χ0n) is 17.6. The Morgan fingerprint density at radius 2 is 1.62 bits per heavy atom. The lowest BCUT2D eigenvalue weighted by atomic mass is 9.99. The van der Waals surface area contributed by atoms with Gasteiger partial charge in [-0.2, -0.15) is 0 Å². The van der Waals surface area contributed by atoms with Crippen LogP contribution in [0.1, 0.15) is 21.5 Å². The third-order valence-electron chi connectivity index (χ3n) is 5.25. The monoisotopic (exact) mass is 477 g/mol. The number of primary sulfonamides is 1. The number of carbonyl (C=O) groups is 1. The number of aliphatic imine (C=N–C) groups is 1. The number of aromatic hydroxyl groups is 1. The molecule has 0 saturated heterocycles. The Morgan fingerprint density at radius 1 is 0.971 bits per heavy atom. The Hall–Kier alpha value is -4.28. The molecule has 172 valence electrons. The van der Waals surface area contributed by atoms with E-state index < -0.39 is 21.6 Å². The molecule has 4 aromatic rings. The quantitative estimate of drug-likeness (QED) is 0.312. The van der Waals surface area contributed by atoms with Crippen LogP contribution < -0.4 is 10.7 Å². The molecule has 1 heterocycles. The van der Waals surface area contributed by atoms with Crippen LogP contribution in [0, 0.1) is 0 Å². The summed E-state index contributed by atoms with van der Waals surface area (Å²) in [6.07, 6.45) is 1.43. The van der Waals surface area contributed by atoms with Crippen molar-refractivity contribution in [2.24, 2.45) is 10.1 Å². The molecule has 0 saturated carbocycles. The average Bonchev–Trinajstić information content (AvgIpc) is 2.80. The highest BCUT2D eigenvalue weighted by atomic mass is 32.2. The minimum Gasteiger partial charge on any atom is -0.494 e. The standard InChI is InChI=1S/C24H19N3O6S/c25-34(32,33)18-8-1-14(2-9-18)12-26-13-21-20-11-17(7-10-19(20)22(28)27-23(21)29)15-3-5-16(6-4-15)24(30)31/h1-11,13H,12H2,(H,30,31)(H2,25,32,33)(H2,27,28,29). The highest BCUT2D eigenvalue weighted by Gasteiger charge is 2.12. The number of aromatic nitrogens is 1. The second-order valence-corrected chi connectivity index (χ2v) is 9.08. The molecule has 0 fully saturated rings. The summed E-state index contributed by atoms with van der Waals surface area (Å²) in [5.74, 6) is -1.37. The van der Waals surface area contributed by atoms with Gasteiger partial charge in [0, 0.05) is 17.0 Å². The van der Waals surface area contributed by atoms with Gasteiger partial charge >= 0.3 is 5.97 Å². The molecule has 0 amide bonds. The van der Waals surface area contributed by atoms with Crippen molar-refractivity contribution in [3.8, 4) is 17.0 Å². The minimum absolute atomic E-state index is 0.00609. The van der Waals surface area contributed by atoms with Gasteiger partial charge in [-0.3, -0.25) is 14.8 Å². The predicted octanol–water partition coefficient (Wildman–Crippen LogP) is 2.87. The van der Waals surface area contributed by atoms with Gasteiger partial charge in [-0.1, -0.05) is 30.3 Å². The second kappa shape index (κ2) is 8.93. The number of hydrogen-bond donors (Lipinski definition) is 4. The molecule has 9 nitrogen and oxygen atoms in total. The van der Waals surface area contributed by atoms with Crippen LogP contribution >= 0.6 is 0 Å². The fourth-order valence-electron chi connectivity index (χ4n) is 3.48. The molecular formula is C24H19N3O6S. The summed E-state index contributed by atoms with van der Waals surface area (Å²) in [7, 11) is -3.79. The molecule has 5 N–H and O–H groups in total. The number of rotatable bonds is 6. The van der Waals surface area contributed by atoms with Crippen molar-refractivity contribution in [1.82, 2.24) is 4.98 Å². The Labute approximate surface area is 193 Å². The highest BCUT2D eigenvalue weighted by Crippen LogP contribution is 2.27. The summed E-state index contributed by atoms with van der Waals surface area (Å²) in [5, 5.41) is 25.4. The molecule has 0 aliphatic carbocycles. The van der Waals surface area contributed by atoms with Crippen LogP contribution in [0.5, 0.6) is 5.88 Å². The number of benzene rings is 3. The van der Waals surface area contributed by atoms with E-state index >= 15 is 0 Å². The van der Waals surface area contributed by atoms with Gasteiger partial charge in [-0.05, 0) is 53.1 Å². The summed E-state index contributed by atoms with van der Waals surface area (Å²) in [6, 6.07) is 17.3. The third-order valence-corrected chi connectivity index (χ3v) is 6.18. The summed E-state index contributed by atoms with van der Waals surface area (Å²) in [6.45, 7) is 0.196. The minimum atomic E-state index is -3.79. The summed E-state index contributed by atoms with van der Waals surface area (Å²) in [4.78, 5) is 30.2. The molecule has 0 radical (unpaired) electrons. The molecule has 0 aliphatic heterocycles. The van der Waals surface area contributed by atoms with Gasteiger partial charge in [0.1, 0.15) is 0 Å². The first kappa shape index (κ1) is 22.9. The Kier molecular flexibility index (Phi) is 6.01. The number of H-pyrrole nitrogens is 1. The number of carboxylic acid groups (broad SMARTS) is 1. The lowest BCUT2D eigenvalue weighted by molar-refractivity contribution is 0.0697. The lowest BCUT2D eigenvalue weighted by Crippen LogP contribution is -2.11. The van der Waals surface area contributed by atoms with E-state index in [2.05, 4.69) is 9.98 Å². The van der Waals surface area contributed by atoms with Crippen LogP contribution in [-0.2, 0) is 16.6 Å². The molecule has 0 bridgehead atoms. The lowest BCUT2D eigenvalue weighted by Gasteiger charge is -2.08. The van der Waals surface area contributed by atoms with Gasteiger partial charge in [-0.25, -0.2) is 18.4 Å². The summed E-state index contributed by atoms with van der Waals surface area (Å²) >= 11 is 0. The van der Waals surface area contributed by atoms with E-state index in [4.69, 9.17) is 10.2 Å². The van der Waals surface area contributed by atoms with E-state index in [0.717, 1.165) is 16.7 Å². The van der Waals surface area contributed by atoms with E-state index in [1.807, 2.05) is 0 Å². The van der Waals surface area contributed by atoms with Crippen molar-refractivity contribution in [3.05, 3.63) is 93.8 Å². The largest absolute Gasteiger partial charge is 0.494 e. The zero-order chi connectivity index (χ0) is 24.5. The molecule has 1 aromatic heterocycles. The number of aromatic carboxylic acids is 1. The molecule has 3 aromatic carbocycles. The molecule has 4 rings (SSSR count). The maximum absolute atomic E-state index is 12.3. The molecular weight excluding hydrogens is 458 g/mol. The number of pyridine rings is 1. The van der Waals surface area contributed by atoms with E-state index in [0.29, 0.717) is 16.3 Å². The topological polar surface area (TPSA) is 163 Å².